The summed E-state index contributed by atoms with van der Waals surface area (Å²) in [5.41, 5.74) is 2.19. The first-order chi connectivity index (χ1) is 12.1. The third kappa shape index (κ3) is 3.65. The second kappa shape index (κ2) is 8.24. The number of amides is 1. The van der Waals surface area contributed by atoms with Crippen LogP contribution in [0.2, 0.25) is 0 Å². The van der Waals surface area contributed by atoms with E-state index in [0.29, 0.717) is 18.7 Å². The van der Waals surface area contributed by atoms with Crippen molar-refractivity contribution in [2.75, 3.05) is 19.6 Å². The van der Waals surface area contributed by atoms with Crippen LogP contribution in [-0.4, -0.2) is 54.8 Å². The van der Waals surface area contributed by atoms with Gasteiger partial charge in [0.25, 0.3) is 5.91 Å². The van der Waals surface area contributed by atoms with Crippen molar-refractivity contribution in [3.8, 4) is 0 Å². The van der Waals surface area contributed by atoms with E-state index in [9.17, 15) is 4.79 Å². The zero-order valence-corrected chi connectivity index (χ0v) is 17.0. The summed E-state index contributed by atoms with van der Waals surface area (Å²) in [6.07, 6.45) is 5.39. The minimum Gasteiger partial charge on any atom is -0.336 e. The van der Waals surface area contributed by atoms with Gasteiger partial charge in [-0.25, -0.2) is 9.97 Å². The SMILES string of the molecule is Cc1cc(C(=O)N2CCNCC2c2nccn2C)c2cnn(C)c2n1.Cl.Cl. The Hall–Kier alpha value is -2.16. The minimum absolute atomic E-state index is 0. The highest BCUT2D eigenvalue weighted by atomic mass is 35.5. The number of nitrogens with one attached hydrogen (secondary N) is 1. The van der Waals surface area contributed by atoms with E-state index in [0.717, 1.165) is 29.1 Å². The number of nitrogens with zero attached hydrogens (tertiary/aromatic N) is 6. The van der Waals surface area contributed by atoms with Crippen molar-refractivity contribution >= 4 is 41.8 Å². The molecule has 1 N–H and O–H groups in total. The lowest BCUT2D eigenvalue weighted by molar-refractivity contribution is 0.0622. The molecule has 3 aromatic rings. The Bertz CT molecular complexity index is 952. The van der Waals surface area contributed by atoms with Gasteiger partial charge >= 0.3 is 0 Å². The zero-order valence-electron chi connectivity index (χ0n) is 15.4. The van der Waals surface area contributed by atoms with E-state index in [1.165, 1.54) is 0 Å². The number of pyridine rings is 1. The molecule has 4 heterocycles. The van der Waals surface area contributed by atoms with Gasteiger partial charge in [0.05, 0.1) is 17.1 Å². The van der Waals surface area contributed by atoms with Gasteiger partial charge in [0, 0.05) is 51.8 Å². The monoisotopic (exact) mass is 411 g/mol. The molecule has 0 saturated carbocycles. The average Bonchev–Trinajstić information content (AvgIpc) is 3.20. The first-order valence-electron chi connectivity index (χ1n) is 8.34. The Morgan fingerprint density at radius 1 is 1.30 bits per heavy atom. The van der Waals surface area contributed by atoms with Crippen LogP contribution in [0.15, 0.2) is 24.7 Å². The quantitative estimate of drug-likeness (QED) is 0.692. The average molecular weight is 412 g/mol. The van der Waals surface area contributed by atoms with Crippen LogP contribution < -0.4 is 5.32 Å². The highest BCUT2D eigenvalue weighted by Gasteiger charge is 2.32. The molecule has 8 nitrogen and oxygen atoms in total. The van der Waals surface area contributed by atoms with Crippen LogP contribution >= 0.6 is 24.8 Å². The molecule has 0 radical (unpaired) electrons. The lowest BCUT2D eigenvalue weighted by atomic mass is 10.1. The van der Waals surface area contributed by atoms with E-state index < -0.39 is 0 Å². The topological polar surface area (TPSA) is 80.9 Å². The molecule has 1 amide bonds. The van der Waals surface area contributed by atoms with E-state index in [4.69, 9.17) is 0 Å². The third-order valence-electron chi connectivity index (χ3n) is 4.72. The Balaban J connectivity index is 0.00000131. The minimum atomic E-state index is -0.0959. The van der Waals surface area contributed by atoms with Crippen molar-refractivity contribution < 1.29 is 4.79 Å². The first-order valence-corrected chi connectivity index (χ1v) is 8.34. The molecular weight excluding hydrogens is 389 g/mol. The van der Waals surface area contributed by atoms with Crippen LogP contribution in [-0.2, 0) is 14.1 Å². The molecule has 3 aromatic heterocycles. The molecule has 1 aliphatic rings. The summed E-state index contributed by atoms with van der Waals surface area (Å²) < 4.78 is 3.67. The van der Waals surface area contributed by atoms with Gasteiger partial charge in [0.2, 0.25) is 0 Å². The fourth-order valence-electron chi connectivity index (χ4n) is 3.45. The standard InChI is InChI=1S/C17H21N7O.2ClH/c1-11-8-12(13-9-20-23(3)15(13)21-11)17(25)24-7-4-18-10-14(24)16-19-5-6-22(16)2;;/h5-6,8-9,14,18H,4,7,10H2,1-3H3;2*1H. The third-order valence-corrected chi connectivity index (χ3v) is 4.72. The molecule has 0 spiro atoms. The van der Waals surface area contributed by atoms with Crippen LogP contribution in [0.4, 0.5) is 0 Å². The molecule has 1 atom stereocenters. The van der Waals surface area contributed by atoms with E-state index >= 15 is 0 Å². The normalized spacial score (nSPS) is 16.7. The summed E-state index contributed by atoms with van der Waals surface area (Å²) in [7, 11) is 3.79. The molecular formula is C17H23Cl2N7O. The lowest BCUT2D eigenvalue weighted by Crippen LogP contribution is -2.49. The number of hydrogen-bond donors (Lipinski definition) is 1. The number of fused-ring (bicyclic) bond motifs is 1. The maximum absolute atomic E-state index is 13.4. The van der Waals surface area contributed by atoms with Crippen LogP contribution in [0.1, 0.15) is 27.9 Å². The number of rotatable bonds is 2. The van der Waals surface area contributed by atoms with Gasteiger partial charge in [-0.15, -0.1) is 24.8 Å². The molecule has 0 aliphatic carbocycles. The largest absolute Gasteiger partial charge is 0.336 e. The summed E-state index contributed by atoms with van der Waals surface area (Å²) in [6, 6.07) is 1.76. The molecule has 1 unspecified atom stereocenters. The summed E-state index contributed by atoms with van der Waals surface area (Å²) >= 11 is 0. The predicted molar refractivity (Wildman–Crippen MR) is 108 cm³/mol. The fraction of sp³-hybridized carbons (Fsp3) is 0.412. The van der Waals surface area contributed by atoms with Crippen molar-refractivity contribution in [2.45, 2.75) is 13.0 Å². The molecule has 146 valence electrons. The molecule has 1 fully saturated rings. The maximum Gasteiger partial charge on any atom is 0.255 e. The van der Waals surface area contributed by atoms with Crippen LogP contribution in [0.5, 0.6) is 0 Å². The van der Waals surface area contributed by atoms with Gasteiger partial charge in [-0.3, -0.25) is 9.48 Å². The van der Waals surface area contributed by atoms with E-state index in [-0.39, 0.29) is 36.8 Å². The first kappa shape index (κ1) is 21.1. The lowest BCUT2D eigenvalue weighted by Gasteiger charge is -2.36. The molecule has 0 aromatic carbocycles. The molecule has 1 saturated heterocycles. The van der Waals surface area contributed by atoms with E-state index in [1.54, 1.807) is 17.1 Å². The van der Waals surface area contributed by atoms with Gasteiger partial charge < -0.3 is 14.8 Å². The van der Waals surface area contributed by atoms with Crippen molar-refractivity contribution in [3.05, 3.63) is 41.7 Å². The van der Waals surface area contributed by atoms with Crippen molar-refractivity contribution in [3.63, 3.8) is 0 Å². The van der Waals surface area contributed by atoms with Crippen LogP contribution in [0, 0.1) is 6.92 Å². The number of aryl methyl sites for hydroxylation is 3. The van der Waals surface area contributed by atoms with Crippen molar-refractivity contribution in [1.82, 2.24) is 34.5 Å². The predicted octanol–water partition coefficient (Wildman–Crippen LogP) is 1.64. The Morgan fingerprint density at radius 3 is 2.78 bits per heavy atom. The summed E-state index contributed by atoms with van der Waals surface area (Å²) in [6.45, 7) is 4.00. The Kier molecular flexibility index (Phi) is 6.46. The summed E-state index contributed by atoms with van der Waals surface area (Å²) in [5.74, 6) is 0.881. The molecule has 27 heavy (non-hydrogen) atoms. The summed E-state index contributed by atoms with van der Waals surface area (Å²) in [4.78, 5) is 24.2. The van der Waals surface area contributed by atoms with Gasteiger partial charge in [-0.1, -0.05) is 0 Å². The van der Waals surface area contributed by atoms with Gasteiger partial charge in [0.15, 0.2) is 5.65 Å². The highest BCUT2D eigenvalue weighted by molar-refractivity contribution is 6.05. The number of carbonyl (C=O) groups is 1. The number of aromatic nitrogens is 5. The van der Waals surface area contributed by atoms with Gasteiger partial charge in [0.1, 0.15) is 11.9 Å². The van der Waals surface area contributed by atoms with Crippen molar-refractivity contribution in [1.29, 1.82) is 0 Å². The number of hydrogen-bond acceptors (Lipinski definition) is 5. The highest BCUT2D eigenvalue weighted by Crippen LogP contribution is 2.26. The molecule has 10 heteroatoms. The second-order valence-corrected chi connectivity index (χ2v) is 6.43. The smallest absolute Gasteiger partial charge is 0.255 e. The van der Waals surface area contributed by atoms with Gasteiger partial charge in [-0.2, -0.15) is 5.10 Å². The number of carbonyl (C=O) groups excluding carboxylic acids is 1. The van der Waals surface area contributed by atoms with E-state index in [1.807, 2.05) is 42.7 Å². The fourth-order valence-corrected chi connectivity index (χ4v) is 3.45. The summed E-state index contributed by atoms with van der Waals surface area (Å²) in [5, 5.41) is 8.41. The zero-order chi connectivity index (χ0) is 17.6. The number of piperazine rings is 1. The van der Waals surface area contributed by atoms with Gasteiger partial charge in [-0.05, 0) is 13.0 Å². The Morgan fingerprint density at radius 2 is 2.07 bits per heavy atom. The van der Waals surface area contributed by atoms with Crippen LogP contribution in [0.3, 0.4) is 0 Å². The Labute approximate surface area is 169 Å². The second-order valence-electron chi connectivity index (χ2n) is 6.43. The number of halogens is 2. The maximum atomic E-state index is 13.4. The van der Waals surface area contributed by atoms with Crippen LogP contribution in [0.25, 0.3) is 11.0 Å². The molecule has 4 rings (SSSR count). The van der Waals surface area contributed by atoms with Crippen molar-refractivity contribution in [2.24, 2.45) is 14.1 Å². The van der Waals surface area contributed by atoms with E-state index in [2.05, 4.69) is 20.4 Å². The molecule has 1 aliphatic heterocycles. The molecule has 0 bridgehead atoms. The number of imidazole rings is 1.